The molecule has 0 aliphatic heterocycles. The van der Waals surface area contributed by atoms with Crippen molar-refractivity contribution in [2.45, 2.75) is 32.1 Å². The molecule has 1 N–H and O–H groups in total. The Bertz CT molecular complexity index is 546. The molecular weight excluding hydrogens is 278 g/mol. The second-order valence-electron chi connectivity index (χ2n) is 4.93. The highest BCUT2D eigenvalue weighted by Gasteiger charge is 1.99. The van der Waals surface area contributed by atoms with Gasteiger partial charge in [-0.15, -0.1) is 11.3 Å². The lowest BCUT2D eigenvalue weighted by molar-refractivity contribution is -0.120. The summed E-state index contributed by atoms with van der Waals surface area (Å²) in [6.45, 7) is 0. The van der Waals surface area contributed by atoms with Crippen LogP contribution in [0, 0.1) is 0 Å². The number of allylic oxidation sites excluding steroid dienone is 1. The van der Waals surface area contributed by atoms with Gasteiger partial charge >= 0.3 is 0 Å². The minimum atomic E-state index is 0.0996. The third-order valence-corrected chi connectivity index (χ3v) is 4.15. The maximum Gasteiger partial charge on any atom is 0.223 e. The summed E-state index contributed by atoms with van der Waals surface area (Å²) in [4.78, 5) is 13.0. The SMILES string of the molecule is O=C(CCCc1cccs1)N/C=C/CCc1ccccc1. The Labute approximate surface area is 130 Å². The van der Waals surface area contributed by atoms with Crippen LogP contribution < -0.4 is 5.32 Å². The Morgan fingerprint density at radius 1 is 1.10 bits per heavy atom. The number of hydrogen-bond acceptors (Lipinski definition) is 2. The van der Waals surface area contributed by atoms with Gasteiger partial charge in [0.15, 0.2) is 0 Å². The summed E-state index contributed by atoms with van der Waals surface area (Å²) in [5.41, 5.74) is 1.32. The van der Waals surface area contributed by atoms with Gasteiger partial charge in [-0.05, 0) is 48.9 Å². The van der Waals surface area contributed by atoms with Crippen molar-refractivity contribution in [2.24, 2.45) is 0 Å². The minimum absolute atomic E-state index is 0.0996. The fourth-order valence-corrected chi connectivity index (χ4v) is 2.83. The topological polar surface area (TPSA) is 29.1 Å². The van der Waals surface area contributed by atoms with E-state index in [1.807, 2.05) is 12.1 Å². The Morgan fingerprint density at radius 3 is 2.71 bits per heavy atom. The van der Waals surface area contributed by atoms with Crippen LogP contribution in [-0.4, -0.2) is 5.91 Å². The molecule has 110 valence electrons. The number of aryl methyl sites for hydroxylation is 2. The summed E-state index contributed by atoms with van der Waals surface area (Å²) in [6, 6.07) is 14.5. The number of rotatable bonds is 8. The number of nitrogens with one attached hydrogen (secondary N) is 1. The van der Waals surface area contributed by atoms with Gasteiger partial charge in [-0.1, -0.05) is 42.5 Å². The number of carbonyl (C=O) groups excluding carboxylic acids is 1. The molecule has 2 nitrogen and oxygen atoms in total. The summed E-state index contributed by atoms with van der Waals surface area (Å²) >= 11 is 1.75. The van der Waals surface area contributed by atoms with Crippen molar-refractivity contribution in [1.82, 2.24) is 5.32 Å². The molecule has 0 saturated heterocycles. The first-order valence-corrected chi connectivity index (χ1v) is 8.23. The van der Waals surface area contributed by atoms with Crippen molar-refractivity contribution >= 4 is 17.2 Å². The highest BCUT2D eigenvalue weighted by molar-refractivity contribution is 7.09. The van der Waals surface area contributed by atoms with E-state index in [1.165, 1.54) is 10.4 Å². The first-order valence-electron chi connectivity index (χ1n) is 7.35. The molecule has 0 bridgehead atoms. The van der Waals surface area contributed by atoms with Crippen molar-refractivity contribution in [3.8, 4) is 0 Å². The van der Waals surface area contributed by atoms with Crippen LogP contribution in [0.4, 0.5) is 0 Å². The summed E-state index contributed by atoms with van der Waals surface area (Å²) in [7, 11) is 0. The van der Waals surface area contributed by atoms with Crippen molar-refractivity contribution < 1.29 is 4.79 Å². The van der Waals surface area contributed by atoms with Gasteiger partial charge in [0, 0.05) is 11.3 Å². The molecule has 0 unspecified atom stereocenters. The van der Waals surface area contributed by atoms with E-state index in [9.17, 15) is 4.79 Å². The second-order valence-corrected chi connectivity index (χ2v) is 5.96. The quantitative estimate of drug-likeness (QED) is 0.772. The summed E-state index contributed by atoms with van der Waals surface area (Å²) in [5, 5.41) is 4.91. The van der Waals surface area contributed by atoms with Crippen LogP contribution in [0.15, 0.2) is 60.1 Å². The van der Waals surface area contributed by atoms with Crippen molar-refractivity contribution in [3.63, 3.8) is 0 Å². The van der Waals surface area contributed by atoms with Crippen molar-refractivity contribution in [3.05, 3.63) is 70.6 Å². The average molecular weight is 299 g/mol. The monoisotopic (exact) mass is 299 g/mol. The predicted molar refractivity (Wildman–Crippen MR) is 89.3 cm³/mol. The predicted octanol–water partition coefficient (Wildman–Crippen LogP) is 4.33. The van der Waals surface area contributed by atoms with Gasteiger partial charge in [0.25, 0.3) is 0 Å². The molecule has 3 heteroatoms. The van der Waals surface area contributed by atoms with Crippen LogP contribution in [0.1, 0.15) is 29.7 Å². The average Bonchev–Trinajstić information content (AvgIpc) is 3.01. The van der Waals surface area contributed by atoms with E-state index in [4.69, 9.17) is 0 Å². The molecule has 1 heterocycles. The molecule has 0 aliphatic carbocycles. The molecular formula is C18H21NOS. The normalized spacial score (nSPS) is 10.9. The standard InChI is InChI=1S/C18H21NOS/c20-18(13-6-11-17-12-7-15-21-17)19-14-5-4-10-16-8-2-1-3-9-16/h1-3,5,7-9,12,14-15H,4,6,10-11,13H2,(H,19,20)/b14-5+. The molecule has 1 aromatic carbocycles. The molecule has 21 heavy (non-hydrogen) atoms. The molecule has 0 atom stereocenters. The Kier molecular flexibility index (Phi) is 6.75. The van der Waals surface area contributed by atoms with Crippen LogP contribution >= 0.6 is 11.3 Å². The van der Waals surface area contributed by atoms with Crippen LogP contribution in [0.25, 0.3) is 0 Å². The van der Waals surface area contributed by atoms with Crippen LogP contribution in [0.5, 0.6) is 0 Å². The van der Waals surface area contributed by atoms with Gasteiger partial charge in [0.05, 0.1) is 0 Å². The third kappa shape index (κ3) is 6.41. The van der Waals surface area contributed by atoms with Gasteiger partial charge < -0.3 is 5.32 Å². The minimum Gasteiger partial charge on any atom is -0.333 e. The fraction of sp³-hybridized carbons (Fsp3) is 0.278. The van der Waals surface area contributed by atoms with Gasteiger partial charge in [0.2, 0.25) is 5.91 Å². The lowest BCUT2D eigenvalue weighted by Gasteiger charge is -2.00. The maximum atomic E-state index is 11.6. The smallest absolute Gasteiger partial charge is 0.223 e. The van der Waals surface area contributed by atoms with E-state index in [0.717, 1.165) is 25.7 Å². The molecule has 0 saturated carbocycles. The van der Waals surface area contributed by atoms with Crippen molar-refractivity contribution in [1.29, 1.82) is 0 Å². The summed E-state index contributed by atoms with van der Waals surface area (Å²) in [5.74, 6) is 0.0996. The molecule has 1 amide bonds. The van der Waals surface area contributed by atoms with E-state index in [2.05, 4.69) is 47.1 Å². The van der Waals surface area contributed by atoms with Crippen LogP contribution in [0.2, 0.25) is 0 Å². The second kappa shape index (κ2) is 9.14. The number of hydrogen-bond donors (Lipinski definition) is 1. The Morgan fingerprint density at radius 2 is 1.95 bits per heavy atom. The zero-order valence-corrected chi connectivity index (χ0v) is 12.9. The highest BCUT2D eigenvalue weighted by atomic mass is 32.1. The first-order chi connectivity index (χ1) is 10.3. The molecule has 0 aliphatic rings. The van der Waals surface area contributed by atoms with E-state index < -0.39 is 0 Å². The van der Waals surface area contributed by atoms with Gasteiger partial charge in [-0.2, -0.15) is 0 Å². The van der Waals surface area contributed by atoms with E-state index in [1.54, 1.807) is 17.5 Å². The van der Waals surface area contributed by atoms with Crippen molar-refractivity contribution in [2.75, 3.05) is 0 Å². The van der Waals surface area contributed by atoms with Gasteiger partial charge in [-0.3, -0.25) is 4.79 Å². The van der Waals surface area contributed by atoms with E-state index in [0.29, 0.717) is 6.42 Å². The maximum absolute atomic E-state index is 11.6. The number of benzene rings is 1. The molecule has 0 fully saturated rings. The zero-order chi connectivity index (χ0) is 14.8. The number of thiophene rings is 1. The fourth-order valence-electron chi connectivity index (χ4n) is 2.08. The third-order valence-electron chi connectivity index (χ3n) is 3.21. The highest BCUT2D eigenvalue weighted by Crippen LogP contribution is 2.11. The van der Waals surface area contributed by atoms with E-state index >= 15 is 0 Å². The summed E-state index contributed by atoms with van der Waals surface area (Å²) < 4.78 is 0. The number of amides is 1. The van der Waals surface area contributed by atoms with Gasteiger partial charge in [-0.25, -0.2) is 0 Å². The largest absolute Gasteiger partial charge is 0.333 e. The zero-order valence-electron chi connectivity index (χ0n) is 12.1. The molecule has 2 aromatic rings. The molecule has 2 rings (SSSR count). The lowest BCUT2D eigenvalue weighted by Crippen LogP contribution is -2.16. The molecule has 0 spiro atoms. The first kappa shape index (κ1) is 15.5. The Hall–Kier alpha value is -1.87. The Balaban J connectivity index is 1.55. The van der Waals surface area contributed by atoms with Crippen LogP contribution in [-0.2, 0) is 17.6 Å². The lowest BCUT2D eigenvalue weighted by atomic mass is 10.1. The number of carbonyl (C=O) groups is 1. The van der Waals surface area contributed by atoms with E-state index in [-0.39, 0.29) is 5.91 Å². The molecule has 0 radical (unpaired) electrons. The summed E-state index contributed by atoms with van der Waals surface area (Å²) in [6.07, 6.45) is 8.22. The molecule has 1 aromatic heterocycles. The van der Waals surface area contributed by atoms with Crippen LogP contribution in [0.3, 0.4) is 0 Å². The van der Waals surface area contributed by atoms with Gasteiger partial charge in [0.1, 0.15) is 0 Å².